The number of nitrogens with zero attached hydrogens (tertiary/aromatic N) is 1. The van der Waals surface area contributed by atoms with Crippen molar-refractivity contribution in [2.24, 2.45) is 5.92 Å². The predicted molar refractivity (Wildman–Crippen MR) is 59.3 cm³/mol. The summed E-state index contributed by atoms with van der Waals surface area (Å²) in [7, 11) is 0. The molecule has 0 amide bonds. The highest BCUT2D eigenvalue weighted by molar-refractivity contribution is 5.78. The summed E-state index contributed by atoms with van der Waals surface area (Å²) in [5, 5.41) is 0. The van der Waals surface area contributed by atoms with E-state index in [0.29, 0.717) is 11.7 Å². The predicted octanol–water partition coefficient (Wildman–Crippen LogP) is 2.25. The Morgan fingerprint density at radius 2 is 2.00 bits per heavy atom. The first kappa shape index (κ1) is 11.4. The lowest BCUT2D eigenvalue weighted by molar-refractivity contribution is -0.122. The highest BCUT2D eigenvalue weighted by Crippen LogP contribution is 2.18. The number of carbonyl (C=O) groups is 1. The summed E-state index contributed by atoms with van der Waals surface area (Å²) in [4.78, 5) is 13.6. The van der Waals surface area contributed by atoms with E-state index in [4.69, 9.17) is 0 Å². The zero-order chi connectivity index (χ0) is 10.6. The van der Waals surface area contributed by atoms with Crippen LogP contribution in [0.4, 0.5) is 0 Å². The van der Waals surface area contributed by atoms with Gasteiger partial charge in [-0.05, 0) is 39.3 Å². The lowest BCUT2D eigenvalue weighted by Gasteiger charge is -2.31. The standard InChI is InChI=1S/C12H21NO/c1-4-10(2)9-13-7-5-12(6-8-13)11(3)14/h12H,2,4-9H2,1,3H3. The van der Waals surface area contributed by atoms with E-state index in [1.165, 1.54) is 5.57 Å². The van der Waals surface area contributed by atoms with Crippen molar-refractivity contribution in [3.8, 4) is 0 Å². The minimum Gasteiger partial charge on any atom is -0.300 e. The van der Waals surface area contributed by atoms with Crippen molar-refractivity contribution in [2.75, 3.05) is 19.6 Å². The van der Waals surface area contributed by atoms with Crippen molar-refractivity contribution in [1.82, 2.24) is 4.90 Å². The van der Waals surface area contributed by atoms with Crippen molar-refractivity contribution >= 4 is 5.78 Å². The van der Waals surface area contributed by atoms with Gasteiger partial charge in [0.2, 0.25) is 0 Å². The molecule has 1 aliphatic heterocycles. The van der Waals surface area contributed by atoms with Crippen molar-refractivity contribution in [3.05, 3.63) is 12.2 Å². The molecule has 0 spiro atoms. The first-order chi connectivity index (χ1) is 6.63. The smallest absolute Gasteiger partial charge is 0.133 e. The fourth-order valence-electron chi connectivity index (χ4n) is 1.93. The molecule has 80 valence electrons. The summed E-state index contributed by atoms with van der Waals surface area (Å²) in [6, 6.07) is 0. The van der Waals surface area contributed by atoms with Gasteiger partial charge in [-0.3, -0.25) is 9.69 Å². The van der Waals surface area contributed by atoms with Gasteiger partial charge in [0.05, 0.1) is 0 Å². The molecular formula is C12H21NO. The van der Waals surface area contributed by atoms with Crippen LogP contribution < -0.4 is 0 Å². The zero-order valence-electron chi connectivity index (χ0n) is 9.38. The minimum absolute atomic E-state index is 0.321. The third-order valence-electron chi connectivity index (χ3n) is 3.11. The molecular weight excluding hydrogens is 174 g/mol. The summed E-state index contributed by atoms with van der Waals surface area (Å²) in [5.74, 6) is 0.681. The van der Waals surface area contributed by atoms with Gasteiger partial charge in [-0.1, -0.05) is 19.1 Å². The van der Waals surface area contributed by atoms with Crippen LogP contribution in [0.15, 0.2) is 12.2 Å². The molecule has 0 unspecified atom stereocenters. The second-order valence-corrected chi connectivity index (χ2v) is 4.26. The molecule has 1 heterocycles. The lowest BCUT2D eigenvalue weighted by Crippen LogP contribution is -2.36. The SMILES string of the molecule is C=C(CC)CN1CCC(C(C)=O)CC1. The molecule has 0 atom stereocenters. The Balaban J connectivity index is 2.29. The summed E-state index contributed by atoms with van der Waals surface area (Å²) in [6.07, 6.45) is 3.13. The maximum atomic E-state index is 11.1. The number of piperidine rings is 1. The molecule has 0 aromatic heterocycles. The molecule has 0 N–H and O–H groups in total. The molecule has 0 aromatic rings. The molecule has 2 heteroatoms. The van der Waals surface area contributed by atoms with Gasteiger partial charge in [-0.15, -0.1) is 0 Å². The lowest BCUT2D eigenvalue weighted by atomic mass is 9.93. The summed E-state index contributed by atoms with van der Waals surface area (Å²) < 4.78 is 0. The monoisotopic (exact) mass is 195 g/mol. The quantitative estimate of drug-likeness (QED) is 0.641. The molecule has 1 rings (SSSR count). The Bertz CT molecular complexity index is 214. The summed E-state index contributed by atoms with van der Waals surface area (Å²) in [5.41, 5.74) is 1.30. The maximum Gasteiger partial charge on any atom is 0.133 e. The Hall–Kier alpha value is -0.630. The van der Waals surface area contributed by atoms with Crippen LogP contribution in [0.5, 0.6) is 0 Å². The number of hydrogen-bond donors (Lipinski definition) is 0. The molecule has 1 fully saturated rings. The number of ketones is 1. The average molecular weight is 195 g/mol. The highest BCUT2D eigenvalue weighted by atomic mass is 16.1. The van der Waals surface area contributed by atoms with Crippen LogP contribution in [0.25, 0.3) is 0 Å². The van der Waals surface area contributed by atoms with E-state index in [2.05, 4.69) is 18.4 Å². The summed E-state index contributed by atoms with van der Waals surface area (Å²) >= 11 is 0. The zero-order valence-corrected chi connectivity index (χ0v) is 9.38. The molecule has 14 heavy (non-hydrogen) atoms. The van der Waals surface area contributed by atoms with Crippen molar-refractivity contribution in [1.29, 1.82) is 0 Å². The van der Waals surface area contributed by atoms with E-state index in [-0.39, 0.29) is 0 Å². The van der Waals surface area contributed by atoms with Crippen molar-refractivity contribution in [2.45, 2.75) is 33.1 Å². The van der Waals surface area contributed by atoms with Gasteiger partial charge in [0, 0.05) is 12.5 Å². The van der Waals surface area contributed by atoms with Gasteiger partial charge >= 0.3 is 0 Å². The van der Waals surface area contributed by atoms with Gasteiger partial charge < -0.3 is 0 Å². The molecule has 0 radical (unpaired) electrons. The number of rotatable bonds is 4. The van der Waals surface area contributed by atoms with Gasteiger partial charge in [-0.2, -0.15) is 0 Å². The van der Waals surface area contributed by atoms with Gasteiger partial charge in [0.1, 0.15) is 5.78 Å². The second-order valence-electron chi connectivity index (χ2n) is 4.26. The molecule has 0 aliphatic carbocycles. The number of hydrogen-bond acceptors (Lipinski definition) is 2. The van der Waals surface area contributed by atoms with Crippen LogP contribution in [-0.2, 0) is 4.79 Å². The number of Topliss-reactive ketones (excluding diaryl/α,β-unsaturated/α-hetero) is 1. The van der Waals surface area contributed by atoms with E-state index >= 15 is 0 Å². The van der Waals surface area contributed by atoms with Gasteiger partial charge in [0.15, 0.2) is 0 Å². The van der Waals surface area contributed by atoms with E-state index in [9.17, 15) is 4.79 Å². The molecule has 0 saturated carbocycles. The highest BCUT2D eigenvalue weighted by Gasteiger charge is 2.21. The van der Waals surface area contributed by atoms with Crippen LogP contribution in [-0.4, -0.2) is 30.3 Å². The van der Waals surface area contributed by atoms with Crippen LogP contribution in [0.3, 0.4) is 0 Å². The Morgan fingerprint density at radius 1 is 1.43 bits per heavy atom. The topological polar surface area (TPSA) is 20.3 Å². The minimum atomic E-state index is 0.321. The van der Waals surface area contributed by atoms with Gasteiger partial charge in [-0.25, -0.2) is 0 Å². The van der Waals surface area contributed by atoms with Crippen LogP contribution in [0.2, 0.25) is 0 Å². The number of likely N-dealkylation sites (tertiary alicyclic amines) is 1. The van der Waals surface area contributed by atoms with Gasteiger partial charge in [0.25, 0.3) is 0 Å². The molecule has 1 saturated heterocycles. The fraction of sp³-hybridized carbons (Fsp3) is 0.750. The Labute approximate surface area is 87.0 Å². The van der Waals surface area contributed by atoms with Crippen LogP contribution in [0.1, 0.15) is 33.1 Å². The Morgan fingerprint density at radius 3 is 2.43 bits per heavy atom. The first-order valence-electron chi connectivity index (χ1n) is 5.53. The largest absolute Gasteiger partial charge is 0.300 e. The molecule has 2 nitrogen and oxygen atoms in total. The van der Waals surface area contributed by atoms with Crippen LogP contribution >= 0.6 is 0 Å². The van der Waals surface area contributed by atoms with Crippen molar-refractivity contribution < 1.29 is 4.79 Å². The number of carbonyl (C=O) groups excluding carboxylic acids is 1. The maximum absolute atomic E-state index is 11.1. The van der Waals surface area contributed by atoms with E-state index in [1.54, 1.807) is 6.92 Å². The molecule has 0 aromatic carbocycles. The average Bonchev–Trinajstić information content (AvgIpc) is 2.18. The molecule has 1 aliphatic rings. The Kier molecular flexibility index (Phi) is 4.33. The fourth-order valence-corrected chi connectivity index (χ4v) is 1.93. The van der Waals surface area contributed by atoms with E-state index in [1.807, 2.05) is 0 Å². The first-order valence-corrected chi connectivity index (χ1v) is 5.53. The third kappa shape index (κ3) is 3.26. The third-order valence-corrected chi connectivity index (χ3v) is 3.11. The van der Waals surface area contributed by atoms with E-state index in [0.717, 1.165) is 38.9 Å². The van der Waals surface area contributed by atoms with Crippen LogP contribution in [0, 0.1) is 5.92 Å². The van der Waals surface area contributed by atoms with E-state index < -0.39 is 0 Å². The second kappa shape index (κ2) is 5.30. The van der Waals surface area contributed by atoms with Crippen molar-refractivity contribution in [3.63, 3.8) is 0 Å². The normalized spacial score (nSPS) is 19.6. The summed E-state index contributed by atoms with van der Waals surface area (Å²) in [6.45, 7) is 11.0. The molecule has 0 bridgehead atoms.